The fourth-order valence-corrected chi connectivity index (χ4v) is 8.79. The van der Waals surface area contributed by atoms with E-state index in [0.717, 1.165) is 11.1 Å². The number of aliphatic carboxylic acids is 1. The van der Waals surface area contributed by atoms with Gasteiger partial charge in [0.05, 0.1) is 23.7 Å². The van der Waals surface area contributed by atoms with Gasteiger partial charge in [-0.3, -0.25) is 9.78 Å². The standard InChI is InChI=1S/C25H27FN3O4PS/c1-15-20(10-9-19-8-7-18(13-28-19)21-6-4-3-5-17(21)12-27)23-16(2)29-35(32,33)24(23,11-22(30)31)14-25(15,26)34/h3-10,13,15-16,20,23,29H,11,14,34H2,1-2H3,(H,30,31)/b10-9+/t15-,16+,20-,23-,24+,25?/m0/s1. The molecule has 0 spiro atoms. The van der Waals surface area contributed by atoms with Crippen molar-refractivity contribution in [2.75, 3.05) is 0 Å². The lowest BCUT2D eigenvalue weighted by atomic mass is 9.62. The molecular formula is C25H27FN3O4PS. The van der Waals surface area contributed by atoms with Crippen molar-refractivity contribution in [2.24, 2.45) is 17.8 Å². The van der Waals surface area contributed by atoms with Gasteiger partial charge >= 0.3 is 5.97 Å². The summed E-state index contributed by atoms with van der Waals surface area (Å²) < 4.78 is 42.8. The zero-order chi connectivity index (χ0) is 25.6. The van der Waals surface area contributed by atoms with E-state index in [0.29, 0.717) is 11.3 Å². The molecule has 2 aliphatic rings. The first-order chi connectivity index (χ1) is 16.4. The number of benzene rings is 1. The first-order valence-electron chi connectivity index (χ1n) is 11.3. The van der Waals surface area contributed by atoms with Crippen LogP contribution in [0.4, 0.5) is 4.39 Å². The van der Waals surface area contributed by atoms with Crippen molar-refractivity contribution in [2.45, 2.75) is 42.9 Å². The number of carboxylic acid groups (broad SMARTS) is 1. The minimum atomic E-state index is -4.07. The molecule has 1 aliphatic carbocycles. The van der Waals surface area contributed by atoms with E-state index >= 15 is 4.39 Å². The van der Waals surface area contributed by atoms with E-state index in [9.17, 15) is 23.6 Å². The molecular weight excluding hydrogens is 488 g/mol. The second-order valence-corrected chi connectivity index (χ2v) is 12.5. The SMILES string of the molecule is C[C@H]1NS(=O)(=O)[C@]2(CC(=O)O)CC(F)(P)[C@@H](C)[C@H](/C=C/c3ccc(-c4ccccc4C#N)cn3)[C@H]12. The van der Waals surface area contributed by atoms with E-state index in [-0.39, 0.29) is 0 Å². The number of nitriles is 1. The van der Waals surface area contributed by atoms with Crippen LogP contribution in [0, 0.1) is 29.1 Å². The van der Waals surface area contributed by atoms with Gasteiger partial charge in [0.25, 0.3) is 0 Å². The average molecular weight is 516 g/mol. The molecule has 1 aromatic carbocycles. The second kappa shape index (κ2) is 9.09. The highest BCUT2D eigenvalue weighted by Crippen LogP contribution is 2.59. The number of alkyl halides is 1. The maximum Gasteiger partial charge on any atom is 0.305 e. The van der Waals surface area contributed by atoms with Gasteiger partial charge in [0.15, 0.2) is 0 Å². The van der Waals surface area contributed by atoms with Gasteiger partial charge < -0.3 is 5.11 Å². The smallest absolute Gasteiger partial charge is 0.305 e. The van der Waals surface area contributed by atoms with Crippen LogP contribution in [0.1, 0.15) is 37.9 Å². The van der Waals surface area contributed by atoms with E-state index in [1.54, 1.807) is 50.4 Å². The van der Waals surface area contributed by atoms with Gasteiger partial charge in [-0.25, -0.2) is 17.5 Å². The lowest BCUT2D eigenvalue weighted by molar-refractivity contribution is -0.139. The first-order valence-corrected chi connectivity index (χ1v) is 13.3. The van der Waals surface area contributed by atoms with Gasteiger partial charge in [-0.05, 0) is 31.1 Å². The van der Waals surface area contributed by atoms with E-state index in [1.807, 2.05) is 18.2 Å². The predicted molar refractivity (Wildman–Crippen MR) is 134 cm³/mol. The average Bonchev–Trinajstić information content (AvgIpc) is 2.97. The molecule has 0 radical (unpaired) electrons. The normalized spacial score (nSPS) is 33.8. The van der Waals surface area contributed by atoms with E-state index in [1.165, 1.54) is 0 Å². The molecule has 2 N–H and O–H groups in total. The van der Waals surface area contributed by atoms with Crippen molar-refractivity contribution < 1.29 is 22.7 Å². The van der Waals surface area contributed by atoms with Crippen molar-refractivity contribution in [1.82, 2.24) is 9.71 Å². The molecule has 2 unspecified atom stereocenters. The Morgan fingerprint density at radius 1 is 1.34 bits per heavy atom. The van der Waals surface area contributed by atoms with Crippen LogP contribution in [0.3, 0.4) is 0 Å². The van der Waals surface area contributed by atoms with Crippen LogP contribution in [-0.2, 0) is 14.8 Å². The van der Waals surface area contributed by atoms with Gasteiger partial charge in [0.2, 0.25) is 10.0 Å². The summed E-state index contributed by atoms with van der Waals surface area (Å²) >= 11 is 0. The summed E-state index contributed by atoms with van der Waals surface area (Å²) in [4.78, 5) is 16.2. The highest BCUT2D eigenvalue weighted by Gasteiger charge is 2.68. The first kappa shape index (κ1) is 25.4. The molecule has 10 heteroatoms. The van der Waals surface area contributed by atoms with Crippen molar-refractivity contribution in [1.29, 1.82) is 5.26 Å². The fraction of sp³-hybridized carbons (Fsp3) is 0.400. The van der Waals surface area contributed by atoms with Crippen LogP contribution in [0.2, 0.25) is 0 Å². The van der Waals surface area contributed by atoms with Gasteiger partial charge in [-0.2, -0.15) is 5.26 Å². The Labute approximate surface area is 206 Å². The number of nitrogens with one attached hydrogen (secondary N) is 1. The molecule has 0 bridgehead atoms. The molecule has 1 aromatic heterocycles. The van der Waals surface area contributed by atoms with Crippen molar-refractivity contribution in [3.05, 3.63) is 59.9 Å². The summed E-state index contributed by atoms with van der Waals surface area (Å²) in [5, 5.41) is 16.9. The summed E-state index contributed by atoms with van der Waals surface area (Å²) in [6, 6.07) is 12.4. The molecule has 1 aliphatic heterocycles. The summed E-state index contributed by atoms with van der Waals surface area (Å²) in [5.74, 6) is -3.02. The lowest BCUT2D eigenvalue weighted by Gasteiger charge is -2.50. The number of nitrogens with zero attached hydrogens (tertiary/aromatic N) is 2. The molecule has 1 saturated carbocycles. The third kappa shape index (κ3) is 4.40. The molecule has 4 rings (SSSR count). The van der Waals surface area contributed by atoms with Crippen LogP contribution >= 0.6 is 9.24 Å². The Hall–Kier alpha value is -2.66. The van der Waals surface area contributed by atoms with E-state index in [2.05, 4.69) is 25.0 Å². The Morgan fingerprint density at radius 3 is 2.69 bits per heavy atom. The molecule has 2 fully saturated rings. The molecule has 35 heavy (non-hydrogen) atoms. The maximum absolute atomic E-state index is 15.8. The second-order valence-electron chi connectivity index (χ2n) is 9.53. The Kier molecular flexibility index (Phi) is 6.60. The van der Waals surface area contributed by atoms with Crippen LogP contribution in [0.5, 0.6) is 0 Å². The minimum absolute atomic E-state index is 0.405. The Morgan fingerprint density at radius 2 is 2.06 bits per heavy atom. The van der Waals surface area contributed by atoms with E-state index in [4.69, 9.17) is 0 Å². The highest BCUT2D eigenvalue weighted by atomic mass is 32.2. The number of sulfonamides is 1. The number of carbonyl (C=O) groups is 1. The molecule has 2 aromatic rings. The molecule has 184 valence electrons. The molecule has 7 atom stereocenters. The summed E-state index contributed by atoms with van der Waals surface area (Å²) in [6.07, 6.45) is 4.05. The number of rotatable bonds is 5. The highest BCUT2D eigenvalue weighted by molar-refractivity contribution is 7.91. The number of hydrogen-bond donors (Lipinski definition) is 2. The number of allylic oxidation sites excluding steroid dienone is 1. The largest absolute Gasteiger partial charge is 0.481 e. The van der Waals surface area contributed by atoms with Crippen LogP contribution in [0.15, 0.2) is 48.7 Å². The quantitative estimate of drug-likeness (QED) is 0.582. The van der Waals surface area contributed by atoms with Crippen molar-refractivity contribution in [3.63, 3.8) is 0 Å². The lowest BCUT2D eigenvalue weighted by Crippen LogP contribution is -2.57. The molecule has 0 amide bonds. The zero-order valence-corrected chi connectivity index (χ0v) is 21.3. The molecule has 1 saturated heterocycles. The number of pyridine rings is 1. The Bertz CT molecular complexity index is 1320. The molecule has 7 nitrogen and oxygen atoms in total. The number of fused-ring (bicyclic) bond motifs is 1. The van der Waals surface area contributed by atoms with Crippen molar-refractivity contribution in [3.8, 4) is 17.2 Å². The Balaban J connectivity index is 1.70. The summed E-state index contributed by atoms with van der Waals surface area (Å²) in [6.45, 7) is 3.42. The van der Waals surface area contributed by atoms with Crippen LogP contribution in [-0.4, -0.2) is 40.7 Å². The summed E-state index contributed by atoms with van der Waals surface area (Å²) in [7, 11) is -1.94. The van der Waals surface area contributed by atoms with Gasteiger partial charge in [-0.1, -0.05) is 46.5 Å². The zero-order valence-electron chi connectivity index (χ0n) is 19.3. The monoisotopic (exact) mass is 515 g/mol. The van der Waals surface area contributed by atoms with E-state index < -0.39 is 62.8 Å². The van der Waals surface area contributed by atoms with Crippen molar-refractivity contribution >= 4 is 31.3 Å². The fourth-order valence-electron chi connectivity index (χ4n) is 5.74. The van der Waals surface area contributed by atoms with Gasteiger partial charge in [0, 0.05) is 41.6 Å². The maximum atomic E-state index is 15.8. The summed E-state index contributed by atoms with van der Waals surface area (Å²) in [5.41, 5.74) is 2.66. The number of carboxylic acids is 1. The number of aromatic nitrogens is 1. The predicted octanol–water partition coefficient (Wildman–Crippen LogP) is 3.98. The van der Waals surface area contributed by atoms with Crippen LogP contribution in [0.25, 0.3) is 17.2 Å². The number of hydrogen-bond acceptors (Lipinski definition) is 5. The minimum Gasteiger partial charge on any atom is -0.481 e. The molecule has 2 heterocycles. The number of halogens is 1. The topological polar surface area (TPSA) is 120 Å². The van der Waals surface area contributed by atoms with Gasteiger partial charge in [0.1, 0.15) is 10.2 Å². The third-order valence-electron chi connectivity index (χ3n) is 7.43. The van der Waals surface area contributed by atoms with Gasteiger partial charge in [-0.15, -0.1) is 0 Å². The third-order valence-corrected chi connectivity index (χ3v) is 10.5. The van der Waals surface area contributed by atoms with Crippen LogP contribution < -0.4 is 4.72 Å².